The van der Waals surface area contributed by atoms with Crippen molar-refractivity contribution < 1.29 is 0 Å². The summed E-state index contributed by atoms with van der Waals surface area (Å²) in [6.45, 7) is 0. The van der Waals surface area contributed by atoms with Gasteiger partial charge in [-0.15, -0.1) is 0 Å². The summed E-state index contributed by atoms with van der Waals surface area (Å²) in [5, 5.41) is 0. The van der Waals surface area contributed by atoms with Crippen LogP contribution in [0.1, 0.15) is 0 Å². The van der Waals surface area contributed by atoms with Crippen molar-refractivity contribution >= 4 is 85.8 Å². The van der Waals surface area contributed by atoms with Crippen LogP contribution in [0.5, 0.6) is 0 Å². The van der Waals surface area contributed by atoms with Crippen molar-refractivity contribution in [3.63, 3.8) is 0 Å². The molecular weight excluding hydrogens is 682 g/mol. The van der Waals surface area contributed by atoms with E-state index < -0.39 is 34.7 Å². The summed E-state index contributed by atoms with van der Waals surface area (Å²) in [6.07, 6.45) is 0. The van der Waals surface area contributed by atoms with Gasteiger partial charge in [-0.3, -0.25) is 0 Å². The van der Waals surface area contributed by atoms with E-state index in [1.54, 1.807) is 0 Å². The fourth-order valence-electron chi connectivity index (χ4n) is 0.894. The molecule has 0 saturated carbocycles. The van der Waals surface area contributed by atoms with Crippen LogP contribution in [-0.4, -0.2) is 69.2 Å². The van der Waals surface area contributed by atoms with Gasteiger partial charge in [-0.05, 0) is 0 Å². The molecule has 0 aromatic rings. The second-order valence-corrected chi connectivity index (χ2v) is 59.4. The van der Waals surface area contributed by atoms with Gasteiger partial charge < -0.3 is 0 Å². The van der Waals surface area contributed by atoms with Gasteiger partial charge in [-0.2, -0.15) is 0 Å². The van der Waals surface area contributed by atoms with Crippen LogP contribution in [0.25, 0.3) is 0 Å². The molecule has 2 heterocycles. The molecule has 0 amide bonds. The van der Waals surface area contributed by atoms with E-state index in [1.807, 2.05) is 0 Å². The zero-order valence-corrected chi connectivity index (χ0v) is 19.4. The molecule has 2 saturated heterocycles. The third kappa shape index (κ3) is 5.67. The molecule has 2 aliphatic heterocycles. The van der Waals surface area contributed by atoms with Gasteiger partial charge in [-0.25, -0.2) is 0 Å². The standard InChI is InChI=1S/3C2H6S2.2Bi/c3*3-1-2-4;;/h3*3-4H,1-2H2;;/q;;;2*+3/p-6. The van der Waals surface area contributed by atoms with Crippen LogP contribution in [0.2, 0.25) is 0 Å². The van der Waals surface area contributed by atoms with Crippen molar-refractivity contribution in [3.05, 3.63) is 0 Å². The Labute approximate surface area is 118 Å². The Balaban J connectivity index is 1.46. The minimum absolute atomic E-state index is 0.993. The molecule has 2 aliphatic rings. The average Bonchev–Trinajstić information content (AvgIpc) is 2.86. The first-order valence-electron chi connectivity index (χ1n) is 4.33. The van der Waals surface area contributed by atoms with Crippen molar-refractivity contribution in [2.45, 2.75) is 0 Å². The molecule has 0 aromatic carbocycles. The molecule has 0 bridgehead atoms. The van der Waals surface area contributed by atoms with Crippen LogP contribution in [0.3, 0.4) is 0 Å². The van der Waals surface area contributed by atoms with E-state index in [1.165, 1.54) is 34.5 Å². The van der Waals surface area contributed by atoms with Crippen LogP contribution >= 0.6 is 51.1 Å². The maximum absolute atomic E-state index is 2.39. The molecule has 0 N–H and O–H groups in total. The first-order chi connectivity index (χ1) is 6.95. The van der Waals surface area contributed by atoms with Gasteiger partial charge in [0.15, 0.2) is 0 Å². The molecule has 2 rings (SSSR count). The molecule has 0 atom stereocenters. The van der Waals surface area contributed by atoms with Crippen LogP contribution < -0.4 is 0 Å². The first kappa shape index (κ1) is 14.3. The summed E-state index contributed by atoms with van der Waals surface area (Å²) < 4.78 is 0. The van der Waals surface area contributed by atoms with Gasteiger partial charge in [0.2, 0.25) is 0 Å². The van der Waals surface area contributed by atoms with E-state index >= 15 is 0 Å². The summed E-state index contributed by atoms with van der Waals surface area (Å²) in [6, 6.07) is 0. The predicted octanol–water partition coefficient (Wildman–Crippen LogP) is 3.38. The minimum atomic E-state index is -0.993. The average molecular weight is 695 g/mol. The van der Waals surface area contributed by atoms with Crippen molar-refractivity contribution in [1.82, 2.24) is 0 Å². The molecule has 0 nitrogen and oxygen atoms in total. The molecule has 82 valence electrons. The Morgan fingerprint density at radius 3 is 1.43 bits per heavy atom. The Morgan fingerprint density at radius 1 is 0.714 bits per heavy atom. The summed E-state index contributed by atoms with van der Waals surface area (Å²) in [7, 11) is 14.2. The molecule has 8 heteroatoms. The molecule has 0 radical (unpaired) electrons. The van der Waals surface area contributed by atoms with E-state index in [0.717, 1.165) is 0 Å². The number of rotatable bonds is 5. The predicted molar refractivity (Wildman–Crippen MR) is 86.3 cm³/mol. The van der Waals surface area contributed by atoms with Crippen LogP contribution in [0, 0.1) is 0 Å². The van der Waals surface area contributed by atoms with Crippen molar-refractivity contribution in [1.29, 1.82) is 0 Å². The van der Waals surface area contributed by atoms with Crippen LogP contribution in [0.4, 0.5) is 0 Å². The van der Waals surface area contributed by atoms with Gasteiger partial charge in [0.25, 0.3) is 0 Å². The van der Waals surface area contributed by atoms with Crippen molar-refractivity contribution in [2.75, 3.05) is 34.5 Å². The Bertz CT molecular complexity index is 140. The van der Waals surface area contributed by atoms with Gasteiger partial charge >= 0.3 is 120 Å². The summed E-state index contributed by atoms with van der Waals surface area (Å²) in [5.74, 6) is 8.84. The monoisotopic (exact) mass is 694 g/mol. The SMILES string of the molecule is C1C[S][Bi]([S]CC[S][Bi]2[S]CC[S]2)[S]1. The number of hydrogen-bond acceptors (Lipinski definition) is 6. The Morgan fingerprint density at radius 2 is 1.07 bits per heavy atom. The Hall–Kier alpha value is 3.87. The molecule has 0 unspecified atom stereocenters. The third-order valence-electron chi connectivity index (χ3n) is 1.43. The third-order valence-corrected chi connectivity index (χ3v) is 66.6. The number of hydrogen-bond donors (Lipinski definition) is 0. The summed E-state index contributed by atoms with van der Waals surface area (Å²) >= 11 is -1.99. The molecule has 0 aliphatic carbocycles. The quantitative estimate of drug-likeness (QED) is 0.318. The first-order valence-corrected chi connectivity index (χ1v) is 35.5. The van der Waals surface area contributed by atoms with E-state index in [0.29, 0.717) is 0 Å². The van der Waals surface area contributed by atoms with Gasteiger partial charge in [0.05, 0.1) is 0 Å². The second-order valence-electron chi connectivity index (χ2n) is 2.45. The van der Waals surface area contributed by atoms with Crippen LogP contribution in [0.15, 0.2) is 0 Å². The summed E-state index contributed by atoms with van der Waals surface area (Å²) in [5.41, 5.74) is 0. The molecule has 0 spiro atoms. The van der Waals surface area contributed by atoms with Gasteiger partial charge in [0, 0.05) is 0 Å². The van der Waals surface area contributed by atoms with Gasteiger partial charge in [0.1, 0.15) is 0 Å². The zero-order valence-electron chi connectivity index (χ0n) is 7.59. The molecular formula is C6H12Bi2S6. The fourth-order valence-corrected chi connectivity index (χ4v) is 70.6. The molecule has 0 aromatic heterocycles. The normalized spacial score (nSPS) is 24.9. The molecule has 2 fully saturated rings. The molecule has 14 heavy (non-hydrogen) atoms. The Kier molecular flexibility index (Phi) is 9.06. The van der Waals surface area contributed by atoms with E-state index in [4.69, 9.17) is 0 Å². The van der Waals surface area contributed by atoms with Crippen molar-refractivity contribution in [2.24, 2.45) is 0 Å². The van der Waals surface area contributed by atoms with E-state index in [2.05, 4.69) is 51.1 Å². The maximum atomic E-state index is 2.39. The fraction of sp³-hybridized carbons (Fsp3) is 1.00. The van der Waals surface area contributed by atoms with Crippen molar-refractivity contribution in [3.8, 4) is 0 Å². The van der Waals surface area contributed by atoms with Gasteiger partial charge in [-0.1, -0.05) is 0 Å². The van der Waals surface area contributed by atoms with Crippen LogP contribution in [-0.2, 0) is 0 Å². The summed E-state index contributed by atoms with van der Waals surface area (Å²) in [4.78, 5) is 0. The van der Waals surface area contributed by atoms with E-state index in [-0.39, 0.29) is 0 Å². The second kappa shape index (κ2) is 8.88. The van der Waals surface area contributed by atoms with E-state index in [9.17, 15) is 0 Å². The zero-order chi connectivity index (χ0) is 9.64. The topological polar surface area (TPSA) is 0 Å².